The fraction of sp³-hybridized carbons (Fsp3) is 0.571. The average molecular weight is 253 g/mol. The van der Waals surface area contributed by atoms with E-state index in [1.165, 1.54) is 6.07 Å². The van der Waals surface area contributed by atoms with Crippen LogP contribution in [0.2, 0.25) is 0 Å². The highest BCUT2D eigenvalue weighted by molar-refractivity contribution is 5.25. The summed E-state index contributed by atoms with van der Waals surface area (Å²) in [5, 5.41) is 10.1. The van der Waals surface area contributed by atoms with Crippen LogP contribution in [-0.2, 0) is 4.74 Å². The number of aliphatic hydroxyl groups excluding tert-OH is 1. The van der Waals surface area contributed by atoms with Gasteiger partial charge in [0, 0.05) is 19.6 Å². The number of hydrogen-bond donors (Lipinski definition) is 1. The summed E-state index contributed by atoms with van der Waals surface area (Å²) in [4.78, 5) is 2.28. The molecule has 1 aromatic rings. The van der Waals surface area contributed by atoms with E-state index >= 15 is 0 Å². The smallest absolute Gasteiger partial charge is 0.126 e. The molecule has 18 heavy (non-hydrogen) atoms. The average Bonchev–Trinajstić information content (AvgIpc) is 2.40. The monoisotopic (exact) mass is 253 g/mol. The van der Waals surface area contributed by atoms with E-state index in [4.69, 9.17) is 4.74 Å². The largest absolute Gasteiger partial charge is 0.388 e. The fourth-order valence-corrected chi connectivity index (χ4v) is 2.17. The van der Waals surface area contributed by atoms with Gasteiger partial charge in [-0.05, 0) is 30.5 Å². The standard InChI is InChI=1S/C14H20FNO2/c1-11-10-12(2-3-13(11)15)14(17)4-5-16-6-8-18-9-7-16/h2-3,10,14,17H,4-9H2,1H3. The predicted octanol–water partition coefficient (Wildman–Crippen LogP) is 1.89. The summed E-state index contributed by atoms with van der Waals surface area (Å²) < 4.78 is 18.4. The zero-order valence-electron chi connectivity index (χ0n) is 10.7. The van der Waals surface area contributed by atoms with Crippen LogP contribution in [0.3, 0.4) is 0 Å². The molecule has 1 aliphatic heterocycles. The number of rotatable bonds is 4. The van der Waals surface area contributed by atoms with E-state index in [9.17, 15) is 9.50 Å². The highest BCUT2D eigenvalue weighted by atomic mass is 19.1. The molecule has 1 aromatic carbocycles. The van der Waals surface area contributed by atoms with E-state index in [2.05, 4.69) is 4.90 Å². The Kier molecular flexibility index (Phi) is 4.69. The van der Waals surface area contributed by atoms with Crippen molar-refractivity contribution in [3.05, 3.63) is 35.1 Å². The Hall–Kier alpha value is -0.970. The second kappa shape index (κ2) is 6.27. The molecule has 0 bridgehead atoms. The molecule has 1 fully saturated rings. The Labute approximate surface area is 107 Å². The minimum absolute atomic E-state index is 0.223. The number of aryl methyl sites for hydroxylation is 1. The molecule has 0 aliphatic carbocycles. The quantitative estimate of drug-likeness (QED) is 0.889. The van der Waals surface area contributed by atoms with Gasteiger partial charge in [-0.1, -0.05) is 12.1 Å². The first-order chi connectivity index (χ1) is 8.66. The molecule has 100 valence electrons. The maximum absolute atomic E-state index is 13.1. The number of ether oxygens (including phenoxy) is 1. The predicted molar refractivity (Wildman–Crippen MR) is 68.0 cm³/mol. The van der Waals surface area contributed by atoms with Gasteiger partial charge in [-0.3, -0.25) is 4.90 Å². The van der Waals surface area contributed by atoms with Crippen molar-refractivity contribution in [2.24, 2.45) is 0 Å². The maximum atomic E-state index is 13.1. The lowest BCUT2D eigenvalue weighted by Crippen LogP contribution is -2.37. The topological polar surface area (TPSA) is 32.7 Å². The van der Waals surface area contributed by atoms with Gasteiger partial charge < -0.3 is 9.84 Å². The Bertz CT molecular complexity index is 391. The van der Waals surface area contributed by atoms with Gasteiger partial charge in [-0.25, -0.2) is 4.39 Å². The second-order valence-corrected chi connectivity index (χ2v) is 4.77. The van der Waals surface area contributed by atoms with Crippen LogP contribution in [0.5, 0.6) is 0 Å². The van der Waals surface area contributed by atoms with Crippen molar-refractivity contribution in [3.63, 3.8) is 0 Å². The molecule has 0 amide bonds. The summed E-state index contributed by atoms with van der Waals surface area (Å²) >= 11 is 0. The molecule has 4 heteroatoms. The number of halogens is 1. The minimum atomic E-state index is -0.521. The van der Waals surface area contributed by atoms with Gasteiger partial charge in [0.05, 0.1) is 19.3 Å². The summed E-state index contributed by atoms with van der Waals surface area (Å²) in [5.41, 5.74) is 1.38. The number of hydrogen-bond acceptors (Lipinski definition) is 3. The molecule has 2 rings (SSSR count). The zero-order chi connectivity index (χ0) is 13.0. The Balaban J connectivity index is 1.86. The molecule has 1 atom stereocenters. The van der Waals surface area contributed by atoms with Crippen molar-refractivity contribution in [1.82, 2.24) is 4.90 Å². The number of aliphatic hydroxyl groups is 1. The summed E-state index contributed by atoms with van der Waals surface area (Å²) in [6.45, 7) is 5.95. The van der Waals surface area contributed by atoms with E-state index in [-0.39, 0.29) is 5.82 Å². The van der Waals surface area contributed by atoms with Gasteiger partial charge in [-0.15, -0.1) is 0 Å². The molecule has 1 unspecified atom stereocenters. The first kappa shape index (κ1) is 13.5. The third-order valence-corrected chi connectivity index (χ3v) is 3.39. The van der Waals surface area contributed by atoms with E-state index < -0.39 is 6.10 Å². The van der Waals surface area contributed by atoms with Crippen LogP contribution in [0.1, 0.15) is 23.7 Å². The molecule has 0 spiro atoms. The second-order valence-electron chi connectivity index (χ2n) is 4.77. The summed E-state index contributed by atoms with van der Waals surface area (Å²) in [5.74, 6) is -0.223. The highest BCUT2D eigenvalue weighted by Crippen LogP contribution is 2.20. The lowest BCUT2D eigenvalue weighted by Gasteiger charge is -2.27. The van der Waals surface area contributed by atoms with Crippen LogP contribution in [0.4, 0.5) is 4.39 Å². The van der Waals surface area contributed by atoms with E-state index in [1.54, 1.807) is 19.1 Å². The van der Waals surface area contributed by atoms with Crippen LogP contribution in [0.15, 0.2) is 18.2 Å². The maximum Gasteiger partial charge on any atom is 0.126 e. The van der Waals surface area contributed by atoms with Crippen molar-refractivity contribution in [2.45, 2.75) is 19.4 Å². The highest BCUT2D eigenvalue weighted by Gasteiger charge is 2.14. The van der Waals surface area contributed by atoms with Crippen molar-refractivity contribution >= 4 is 0 Å². The molecule has 0 aromatic heterocycles. The first-order valence-corrected chi connectivity index (χ1v) is 6.41. The first-order valence-electron chi connectivity index (χ1n) is 6.41. The molecule has 1 heterocycles. The van der Waals surface area contributed by atoms with Gasteiger partial charge in [-0.2, -0.15) is 0 Å². The lowest BCUT2D eigenvalue weighted by atomic mass is 10.0. The molecule has 0 radical (unpaired) electrons. The van der Waals surface area contributed by atoms with Gasteiger partial charge in [0.1, 0.15) is 5.82 Å². The molecule has 1 aliphatic rings. The summed E-state index contributed by atoms with van der Waals surface area (Å²) in [6, 6.07) is 4.80. The lowest BCUT2D eigenvalue weighted by molar-refractivity contribution is 0.0300. The molecular weight excluding hydrogens is 233 g/mol. The van der Waals surface area contributed by atoms with E-state index in [0.717, 1.165) is 38.4 Å². The molecule has 3 nitrogen and oxygen atoms in total. The normalized spacial score (nSPS) is 18.8. The minimum Gasteiger partial charge on any atom is -0.388 e. The van der Waals surface area contributed by atoms with Gasteiger partial charge >= 0.3 is 0 Å². The fourth-order valence-electron chi connectivity index (χ4n) is 2.17. The molecule has 1 N–H and O–H groups in total. The van der Waals surface area contributed by atoms with Crippen molar-refractivity contribution in [1.29, 1.82) is 0 Å². The number of benzene rings is 1. The van der Waals surface area contributed by atoms with Crippen LogP contribution in [-0.4, -0.2) is 42.9 Å². The van der Waals surface area contributed by atoms with Crippen molar-refractivity contribution in [3.8, 4) is 0 Å². The molecule has 1 saturated heterocycles. The zero-order valence-corrected chi connectivity index (χ0v) is 10.7. The van der Waals surface area contributed by atoms with Crippen LogP contribution >= 0.6 is 0 Å². The van der Waals surface area contributed by atoms with Crippen molar-refractivity contribution in [2.75, 3.05) is 32.8 Å². The Morgan fingerprint density at radius 3 is 2.78 bits per heavy atom. The molecule has 0 saturated carbocycles. The number of nitrogens with zero attached hydrogens (tertiary/aromatic N) is 1. The van der Waals surface area contributed by atoms with Gasteiger partial charge in [0.2, 0.25) is 0 Å². The summed E-state index contributed by atoms with van der Waals surface area (Å²) in [7, 11) is 0. The Morgan fingerprint density at radius 2 is 2.11 bits per heavy atom. The summed E-state index contributed by atoms with van der Waals surface area (Å²) in [6.07, 6.45) is 0.151. The SMILES string of the molecule is Cc1cc(C(O)CCN2CCOCC2)ccc1F. The van der Waals surface area contributed by atoms with Crippen LogP contribution < -0.4 is 0 Å². The van der Waals surface area contributed by atoms with Gasteiger partial charge in [0.15, 0.2) is 0 Å². The van der Waals surface area contributed by atoms with E-state index in [0.29, 0.717) is 12.0 Å². The number of morpholine rings is 1. The van der Waals surface area contributed by atoms with Crippen LogP contribution in [0.25, 0.3) is 0 Å². The third kappa shape index (κ3) is 3.51. The third-order valence-electron chi connectivity index (χ3n) is 3.39. The van der Waals surface area contributed by atoms with Crippen LogP contribution in [0, 0.1) is 12.7 Å². The van der Waals surface area contributed by atoms with Crippen molar-refractivity contribution < 1.29 is 14.2 Å². The van der Waals surface area contributed by atoms with E-state index in [1.807, 2.05) is 0 Å². The van der Waals surface area contributed by atoms with Gasteiger partial charge in [0.25, 0.3) is 0 Å². The Morgan fingerprint density at radius 1 is 1.39 bits per heavy atom. The molecular formula is C14H20FNO2.